The standard InChI is InChI=1S/C15H21NO2/c1-11(13-4-6-15(18-3)7-5-13)16-9-8-14(10-16)12(2)17/h4-7,11,14H,8-10H2,1-3H3/t11-,14+/m1/s1. The van der Waals surface area contributed by atoms with Crippen LogP contribution in [0.5, 0.6) is 5.75 Å². The first-order chi connectivity index (χ1) is 8.61. The summed E-state index contributed by atoms with van der Waals surface area (Å²) in [6.07, 6.45) is 0.996. The molecular formula is C15H21NO2. The number of nitrogens with zero attached hydrogens (tertiary/aromatic N) is 1. The van der Waals surface area contributed by atoms with E-state index in [2.05, 4.69) is 24.0 Å². The largest absolute Gasteiger partial charge is 0.497 e. The third-order valence-electron chi connectivity index (χ3n) is 3.94. The molecule has 0 bridgehead atoms. The summed E-state index contributed by atoms with van der Waals surface area (Å²) in [4.78, 5) is 13.8. The lowest BCUT2D eigenvalue weighted by molar-refractivity contribution is -0.120. The van der Waals surface area contributed by atoms with Gasteiger partial charge in [-0.25, -0.2) is 0 Å². The van der Waals surface area contributed by atoms with Crippen molar-refractivity contribution in [2.24, 2.45) is 5.92 Å². The molecule has 1 heterocycles. The van der Waals surface area contributed by atoms with E-state index < -0.39 is 0 Å². The minimum Gasteiger partial charge on any atom is -0.497 e. The van der Waals surface area contributed by atoms with Crippen molar-refractivity contribution in [3.05, 3.63) is 29.8 Å². The fourth-order valence-electron chi connectivity index (χ4n) is 2.56. The zero-order chi connectivity index (χ0) is 13.1. The van der Waals surface area contributed by atoms with E-state index in [1.165, 1.54) is 5.56 Å². The first-order valence-electron chi connectivity index (χ1n) is 6.50. The van der Waals surface area contributed by atoms with Crippen molar-refractivity contribution in [3.8, 4) is 5.75 Å². The lowest BCUT2D eigenvalue weighted by atomic mass is 10.0. The Morgan fingerprint density at radius 2 is 2.06 bits per heavy atom. The summed E-state index contributed by atoms with van der Waals surface area (Å²) in [5.41, 5.74) is 1.28. The molecule has 0 saturated carbocycles. The monoisotopic (exact) mass is 247 g/mol. The summed E-state index contributed by atoms with van der Waals surface area (Å²) < 4.78 is 5.16. The Bertz CT molecular complexity index is 413. The van der Waals surface area contributed by atoms with Gasteiger partial charge in [0.05, 0.1) is 7.11 Å². The quantitative estimate of drug-likeness (QED) is 0.819. The zero-order valence-electron chi connectivity index (χ0n) is 11.3. The van der Waals surface area contributed by atoms with Gasteiger partial charge in [-0.1, -0.05) is 12.1 Å². The fourth-order valence-corrected chi connectivity index (χ4v) is 2.56. The Kier molecular flexibility index (Phi) is 4.02. The molecule has 1 saturated heterocycles. The summed E-state index contributed by atoms with van der Waals surface area (Å²) in [6.45, 7) is 5.80. The zero-order valence-corrected chi connectivity index (χ0v) is 11.3. The van der Waals surface area contributed by atoms with Crippen molar-refractivity contribution in [2.75, 3.05) is 20.2 Å². The van der Waals surface area contributed by atoms with Gasteiger partial charge in [-0.2, -0.15) is 0 Å². The highest BCUT2D eigenvalue weighted by molar-refractivity contribution is 5.78. The van der Waals surface area contributed by atoms with E-state index in [9.17, 15) is 4.79 Å². The molecule has 1 aromatic rings. The molecular weight excluding hydrogens is 226 g/mol. The van der Waals surface area contributed by atoms with Crippen molar-refractivity contribution in [3.63, 3.8) is 0 Å². The van der Waals surface area contributed by atoms with Crippen molar-refractivity contribution in [1.29, 1.82) is 0 Å². The van der Waals surface area contributed by atoms with Crippen molar-refractivity contribution < 1.29 is 9.53 Å². The number of carbonyl (C=O) groups excluding carboxylic acids is 1. The van der Waals surface area contributed by atoms with E-state index in [-0.39, 0.29) is 5.92 Å². The average Bonchev–Trinajstić information content (AvgIpc) is 2.88. The van der Waals surface area contributed by atoms with Gasteiger partial charge in [-0.15, -0.1) is 0 Å². The molecule has 0 unspecified atom stereocenters. The van der Waals surface area contributed by atoms with Crippen LogP contribution in [0.4, 0.5) is 0 Å². The molecule has 1 aliphatic rings. The van der Waals surface area contributed by atoms with Gasteiger partial charge in [0, 0.05) is 18.5 Å². The molecule has 3 heteroatoms. The van der Waals surface area contributed by atoms with Gasteiger partial charge in [-0.05, 0) is 44.5 Å². The van der Waals surface area contributed by atoms with Crippen LogP contribution in [0.1, 0.15) is 31.9 Å². The van der Waals surface area contributed by atoms with E-state index >= 15 is 0 Å². The van der Waals surface area contributed by atoms with Gasteiger partial charge in [0.2, 0.25) is 0 Å². The molecule has 2 atom stereocenters. The summed E-state index contributed by atoms with van der Waals surface area (Å²) in [6, 6.07) is 8.55. The first kappa shape index (κ1) is 13.1. The van der Waals surface area contributed by atoms with E-state index in [4.69, 9.17) is 4.74 Å². The second-order valence-electron chi connectivity index (χ2n) is 5.04. The number of rotatable bonds is 4. The summed E-state index contributed by atoms with van der Waals surface area (Å²) >= 11 is 0. The molecule has 1 fully saturated rings. The topological polar surface area (TPSA) is 29.5 Å². The van der Waals surface area contributed by atoms with Crippen LogP contribution in [0.2, 0.25) is 0 Å². The van der Waals surface area contributed by atoms with Crippen LogP contribution in [0.25, 0.3) is 0 Å². The lowest BCUT2D eigenvalue weighted by Crippen LogP contribution is -2.25. The van der Waals surface area contributed by atoms with E-state index in [1.807, 2.05) is 12.1 Å². The molecule has 0 aromatic heterocycles. The van der Waals surface area contributed by atoms with Gasteiger partial charge >= 0.3 is 0 Å². The van der Waals surface area contributed by atoms with Crippen molar-refractivity contribution >= 4 is 5.78 Å². The lowest BCUT2D eigenvalue weighted by Gasteiger charge is -2.24. The normalized spacial score (nSPS) is 21.8. The molecule has 0 radical (unpaired) electrons. The molecule has 98 valence electrons. The number of ketones is 1. The number of benzene rings is 1. The fraction of sp³-hybridized carbons (Fsp3) is 0.533. The molecule has 0 spiro atoms. The van der Waals surface area contributed by atoms with Gasteiger partial charge in [0.15, 0.2) is 0 Å². The second kappa shape index (κ2) is 5.53. The third kappa shape index (κ3) is 2.72. The van der Waals surface area contributed by atoms with Gasteiger partial charge in [0.1, 0.15) is 11.5 Å². The molecule has 0 amide bonds. The number of hydrogen-bond acceptors (Lipinski definition) is 3. The number of hydrogen-bond donors (Lipinski definition) is 0. The smallest absolute Gasteiger partial charge is 0.134 e. The first-order valence-corrected chi connectivity index (χ1v) is 6.50. The van der Waals surface area contributed by atoms with E-state index in [0.29, 0.717) is 11.8 Å². The van der Waals surface area contributed by atoms with Crippen LogP contribution in [0, 0.1) is 5.92 Å². The van der Waals surface area contributed by atoms with Gasteiger partial charge < -0.3 is 4.74 Å². The molecule has 2 rings (SSSR count). The van der Waals surface area contributed by atoms with Crippen LogP contribution in [-0.2, 0) is 4.79 Å². The highest BCUT2D eigenvalue weighted by Gasteiger charge is 2.29. The number of Topliss-reactive ketones (excluding diaryl/α,β-unsaturated/α-hetero) is 1. The van der Waals surface area contributed by atoms with Crippen molar-refractivity contribution in [1.82, 2.24) is 4.90 Å². The molecule has 3 nitrogen and oxygen atoms in total. The predicted octanol–water partition coefficient (Wildman–Crippen LogP) is 2.67. The summed E-state index contributed by atoms with van der Waals surface area (Å²) in [7, 11) is 1.68. The number of ether oxygens (including phenoxy) is 1. The maximum atomic E-state index is 11.4. The van der Waals surface area contributed by atoms with Crippen molar-refractivity contribution in [2.45, 2.75) is 26.3 Å². The predicted molar refractivity (Wildman–Crippen MR) is 71.8 cm³/mol. The maximum absolute atomic E-state index is 11.4. The molecule has 18 heavy (non-hydrogen) atoms. The highest BCUT2D eigenvalue weighted by atomic mass is 16.5. The molecule has 1 aliphatic heterocycles. The Labute approximate surface area is 109 Å². The third-order valence-corrected chi connectivity index (χ3v) is 3.94. The average molecular weight is 247 g/mol. The van der Waals surface area contributed by atoms with E-state index in [0.717, 1.165) is 25.3 Å². The Hall–Kier alpha value is -1.35. The highest BCUT2D eigenvalue weighted by Crippen LogP contribution is 2.28. The number of methoxy groups -OCH3 is 1. The van der Waals surface area contributed by atoms with Crippen LogP contribution in [0.3, 0.4) is 0 Å². The van der Waals surface area contributed by atoms with E-state index in [1.54, 1.807) is 14.0 Å². The second-order valence-corrected chi connectivity index (χ2v) is 5.04. The Morgan fingerprint density at radius 1 is 1.39 bits per heavy atom. The Morgan fingerprint density at radius 3 is 2.56 bits per heavy atom. The van der Waals surface area contributed by atoms with Crippen LogP contribution < -0.4 is 4.74 Å². The van der Waals surface area contributed by atoms with Crippen LogP contribution in [0.15, 0.2) is 24.3 Å². The summed E-state index contributed by atoms with van der Waals surface area (Å²) in [5.74, 6) is 1.43. The number of carbonyl (C=O) groups is 1. The minimum atomic E-state index is 0.227. The van der Waals surface area contributed by atoms with Gasteiger partial charge in [-0.3, -0.25) is 9.69 Å². The number of likely N-dealkylation sites (tertiary alicyclic amines) is 1. The maximum Gasteiger partial charge on any atom is 0.134 e. The van der Waals surface area contributed by atoms with Crippen LogP contribution in [-0.4, -0.2) is 30.9 Å². The summed E-state index contributed by atoms with van der Waals surface area (Å²) in [5, 5.41) is 0. The Balaban J connectivity index is 2.02. The minimum absolute atomic E-state index is 0.227. The molecule has 1 aromatic carbocycles. The molecule has 0 N–H and O–H groups in total. The van der Waals surface area contributed by atoms with Gasteiger partial charge in [0.25, 0.3) is 0 Å². The SMILES string of the molecule is COc1ccc([C@@H](C)N2CC[C@H](C(C)=O)C2)cc1. The van der Waals surface area contributed by atoms with Crippen LogP contribution >= 0.6 is 0 Å². The molecule has 0 aliphatic carbocycles.